The van der Waals surface area contributed by atoms with Crippen LogP contribution < -0.4 is 0 Å². The van der Waals surface area contributed by atoms with Crippen LogP contribution in [0.2, 0.25) is 0 Å². The standard InChI is InChI=1S/C30H43NO4/c1-18(32)34-21-11-13-29(5)20(16-21)7-8-22-24-10-9-23(30(24,6)14-12-25(22)29)19-15-26(31-17-19)27(33)35-28(2,3)4/h7,15,17,21-25,31H,8-14,16H2,1-6H3/t21-,22?,23+,24-,25-,29-,30+/m0/s1. The van der Waals surface area contributed by atoms with E-state index in [2.05, 4.69) is 37.2 Å². The summed E-state index contributed by atoms with van der Waals surface area (Å²) in [6, 6.07) is 2.05. The van der Waals surface area contributed by atoms with Gasteiger partial charge in [0.1, 0.15) is 17.4 Å². The van der Waals surface area contributed by atoms with E-state index in [1.807, 2.05) is 20.8 Å². The molecule has 1 aromatic heterocycles. The van der Waals surface area contributed by atoms with Gasteiger partial charge >= 0.3 is 11.9 Å². The van der Waals surface area contributed by atoms with Crippen LogP contribution in [0.4, 0.5) is 0 Å². The number of aromatic amines is 1. The first-order valence-corrected chi connectivity index (χ1v) is 13.7. The Kier molecular flexibility index (Phi) is 6.00. The number of aromatic nitrogens is 1. The third-order valence-electron chi connectivity index (χ3n) is 10.1. The molecular formula is C30H43NO4. The van der Waals surface area contributed by atoms with Crippen LogP contribution in [-0.2, 0) is 14.3 Å². The molecule has 7 atom stereocenters. The molecule has 192 valence electrons. The lowest BCUT2D eigenvalue weighted by Crippen LogP contribution is -2.50. The second-order valence-electron chi connectivity index (χ2n) is 13.3. The van der Waals surface area contributed by atoms with Crippen molar-refractivity contribution in [3.63, 3.8) is 0 Å². The Hall–Kier alpha value is -2.04. The summed E-state index contributed by atoms with van der Waals surface area (Å²) in [6.45, 7) is 12.3. The summed E-state index contributed by atoms with van der Waals surface area (Å²) in [6.07, 6.45) is 13.8. The average molecular weight is 482 g/mol. The van der Waals surface area contributed by atoms with Crippen molar-refractivity contribution in [3.05, 3.63) is 35.2 Å². The molecule has 0 aliphatic heterocycles. The number of hydrogen-bond acceptors (Lipinski definition) is 4. The summed E-state index contributed by atoms with van der Waals surface area (Å²) in [5.74, 6) is 2.22. The van der Waals surface area contributed by atoms with E-state index in [1.54, 1.807) is 5.57 Å². The Morgan fingerprint density at radius 1 is 1.06 bits per heavy atom. The van der Waals surface area contributed by atoms with Crippen molar-refractivity contribution in [2.45, 2.75) is 111 Å². The fraction of sp³-hybridized carbons (Fsp3) is 0.733. The molecule has 5 nitrogen and oxygen atoms in total. The zero-order valence-corrected chi connectivity index (χ0v) is 22.4. The van der Waals surface area contributed by atoms with E-state index in [4.69, 9.17) is 9.47 Å². The van der Waals surface area contributed by atoms with Crippen LogP contribution in [0.5, 0.6) is 0 Å². The van der Waals surface area contributed by atoms with Crippen molar-refractivity contribution in [1.82, 2.24) is 4.98 Å². The fourth-order valence-electron chi connectivity index (χ4n) is 8.57. The van der Waals surface area contributed by atoms with Crippen molar-refractivity contribution in [2.24, 2.45) is 28.6 Å². The first-order chi connectivity index (χ1) is 16.4. The molecule has 0 saturated heterocycles. The molecular weight excluding hydrogens is 438 g/mol. The minimum absolute atomic E-state index is 0.0563. The molecule has 0 bridgehead atoms. The van der Waals surface area contributed by atoms with Crippen molar-refractivity contribution >= 4 is 11.9 Å². The van der Waals surface area contributed by atoms with Crippen molar-refractivity contribution in [3.8, 4) is 0 Å². The van der Waals surface area contributed by atoms with Crippen LogP contribution in [0, 0.1) is 28.6 Å². The van der Waals surface area contributed by atoms with Gasteiger partial charge in [0.05, 0.1) is 0 Å². The molecule has 3 saturated carbocycles. The number of ether oxygens (including phenoxy) is 2. The van der Waals surface area contributed by atoms with Gasteiger partial charge in [-0.25, -0.2) is 4.79 Å². The SMILES string of the molecule is CC(=O)O[C@H]1CC[C@@]2(C)C(=CCC3[C@@H]4CC[C@H](c5c[nH]c(C(=O)OC(C)(C)C)c5)[C@@]4(C)CC[C@@H]32)C1. The fourth-order valence-corrected chi connectivity index (χ4v) is 8.57. The molecule has 4 aliphatic rings. The molecule has 1 N–H and O–H groups in total. The number of allylic oxidation sites excluding steroid dienone is 1. The van der Waals surface area contributed by atoms with E-state index in [1.165, 1.54) is 38.2 Å². The molecule has 1 aromatic rings. The van der Waals surface area contributed by atoms with Crippen molar-refractivity contribution in [2.75, 3.05) is 0 Å². The average Bonchev–Trinajstić information content (AvgIpc) is 3.36. The molecule has 1 heterocycles. The van der Waals surface area contributed by atoms with Crippen LogP contribution >= 0.6 is 0 Å². The van der Waals surface area contributed by atoms with Crippen LogP contribution in [0.15, 0.2) is 23.9 Å². The third-order valence-corrected chi connectivity index (χ3v) is 10.1. The highest BCUT2D eigenvalue weighted by molar-refractivity contribution is 5.88. The summed E-state index contributed by atoms with van der Waals surface area (Å²) < 4.78 is 11.2. The predicted octanol–water partition coefficient (Wildman–Crippen LogP) is 6.95. The second kappa shape index (κ2) is 8.52. The molecule has 0 radical (unpaired) electrons. The van der Waals surface area contributed by atoms with E-state index in [9.17, 15) is 9.59 Å². The number of carbonyl (C=O) groups excluding carboxylic acids is 2. The van der Waals surface area contributed by atoms with E-state index in [-0.39, 0.29) is 28.9 Å². The summed E-state index contributed by atoms with van der Waals surface area (Å²) in [7, 11) is 0. The molecule has 5 rings (SSSR count). The summed E-state index contributed by atoms with van der Waals surface area (Å²) >= 11 is 0. The van der Waals surface area contributed by atoms with Gasteiger partial charge in [0.15, 0.2) is 0 Å². The zero-order chi connectivity index (χ0) is 25.2. The maximum absolute atomic E-state index is 12.6. The van der Waals surface area contributed by atoms with Crippen molar-refractivity contribution < 1.29 is 19.1 Å². The molecule has 0 amide bonds. The number of hydrogen-bond donors (Lipinski definition) is 1. The summed E-state index contributed by atoms with van der Waals surface area (Å²) in [4.78, 5) is 27.3. The molecule has 3 fully saturated rings. The van der Waals surface area contributed by atoms with Gasteiger partial charge in [0, 0.05) is 19.5 Å². The van der Waals surface area contributed by atoms with E-state index in [0.29, 0.717) is 17.5 Å². The Bertz CT molecular complexity index is 1030. The Balaban J connectivity index is 1.34. The van der Waals surface area contributed by atoms with Gasteiger partial charge in [-0.3, -0.25) is 4.79 Å². The first-order valence-electron chi connectivity index (χ1n) is 13.7. The highest BCUT2D eigenvalue weighted by atomic mass is 16.6. The lowest BCUT2D eigenvalue weighted by atomic mass is 9.47. The van der Waals surface area contributed by atoms with Gasteiger partial charge in [-0.15, -0.1) is 0 Å². The summed E-state index contributed by atoms with van der Waals surface area (Å²) in [5, 5.41) is 0. The van der Waals surface area contributed by atoms with Gasteiger partial charge in [0.2, 0.25) is 0 Å². The Labute approximate surface area is 210 Å². The second-order valence-corrected chi connectivity index (χ2v) is 13.3. The van der Waals surface area contributed by atoms with E-state index < -0.39 is 5.60 Å². The van der Waals surface area contributed by atoms with Crippen LogP contribution in [0.3, 0.4) is 0 Å². The lowest BCUT2D eigenvalue weighted by Gasteiger charge is -2.58. The zero-order valence-electron chi connectivity index (χ0n) is 22.4. The normalized spacial score (nSPS) is 38.6. The molecule has 0 spiro atoms. The van der Waals surface area contributed by atoms with Gasteiger partial charge in [-0.2, -0.15) is 0 Å². The molecule has 35 heavy (non-hydrogen) atoms. The monoisotopic (exact) mass is 481 g/mol. The maximum atomic E-state index is 12.6. The van der Waals surface area contributed by atoms with E-state index >= 15 is 0 Å². The molecule has 0 aromatic carbocycles. The minimum Gasteiger partial charge on any atom is -0.462 e. The minimum atomic E-state index is -0.494. The van der Waals surface area contributed by atoms with Gasteiger partial charge < -0.3 is 14.5 Å². The quantitative estimate of drug-likeness (QED) is 0.375. The van der Waals surface area contributed by atoms with Gasteiger partial charge in [0.25, 0.3) is 0 Å². The smallest absolute Gasteiger partial charge is 0.355 e. The van der Waals surface area contributed by atoms with Crippen molar-refractivity contribution in [1.29, 1.82) is 0 Å². The predicted molar refractivity (Wildman–Crippen MR) is 136 cm³/mol. The van der Waals surface area contributed by atoms with Gasteiger partial charge in [-0.1, -0.05) is 25.5 Å². The highest BCUT2D eigenvalue weighted by Gasteiger charge is 2.59. The van der Waals surface area contributed by atoms with Crippen LogP contribution in [0.25, 0.3) is 0 Å². The molecule has 4 aliphatic carbocycles. The first kappa shape index (κ1) is 24.6. The Morgan fingerprint density at radius 3 is 2.54 bits per heavy atom. The van der Waals surface area contributed by atoms with Gasteiger partial charge in [-0.05, 0) is 112 Å². The van der Waals surface area contributed by atoms with E-state index in [0.717, 1.165) is 37.5 Å². The molecule has 5 heteroatoms. The molecule has 1 unspecified atom stereocenters. The number of H-pyrrole nitrogens is 1. The Morgan fingerprint density at radius 2 is 1.83 bits per heavy atom. The van der Waals surface area contributed by atoms with Crippen LogP contribution in [-0.4, -0.2) is 28.6 Å². The third kappa shape index (κ3) is 4.27. The maximum Gasteiger partial charge on any atom is 0.355 e. The summed E-state index contributed by atoms with van der Waals surface area (Å²) in [5.41, 5.74) is 3.41. The van der Waals surface area contributed by atoms with Crippen LogP contribution in [0.1, 0.15) is 115 Å². The number of esters is 2. The number of fused-ring (bicyclic) bond motifs is 5. The lowest BCUT2D eigenvalue weighted by molar-refractivity contribution is -0.148. The number of rotatable bonds is 3. The number of carbonyl (C=O) groups is 2. The number of nitrogens with one attached hydrogen (secondary N) is 1. The highest BCUT2D eigenvalue weighted by Crippen LogP contribution is 2.68. The topological polar surface area (TPSA) is 68.4 Å². The largest absolute Gasteiger partial charge is 0.462 e.